The average molecular weight is 301 g/mol. The van der Waals surface area contributed by atoms with Crippen LogP contribution < -0.4 is 10.6 Å². The molecule has 1 saturated heterocycles. The highest BCUT2D eigenvalue weighted by atomic mass is 35.5. The fourth-order valence-corrected chi connectivity index (χ4v) is 2.16. The topological polar surface area (TPSA) is 59.0 Å². The highest BCUT2D eigenvalue weighted by Gasteiger charge is 2.18. The zero-order valence-corrected chi connectivity index (χ0v) is 13.3. The third-order valence-corrected chi connectivity index (χ3v) is 3.27. The molecule has 20 heavy (non-hydrogen) atoms. The molecule has 114 valence electrons. The summed E-state index contributed by atoms with van der Waals surface area (Å²) in [5.41, 5.74) is 0.598. The molecular formula is C14H25ClN4O. The zero-order valence-electron chi connectivity index (χ0n) is 12.5. The first kappa shape index (κ1) is 17.0. The van der Waals surface area contributed by atoms with Gasteiger partial charge in [-0.25, -0.2) is 0 Å². The molecule has 1 aromatic heterocycles. The Morgan fingerprint density at radius 1 is 1.55 bits per heavy atom. The molecule has 0 radical (unpaired) electrons. The van der Waals surface area contributed by atoms with Crippen molar-refractivity contribution < 1.29 is 4.79 Å². The molecule has 0 bridgehead atoms. The van der Waals surface area contributed by atoms with E-state index in [-0.39, 0.29) is 23.7 Å². The van der Waals surface area contributed by atoms with Gasteiger partial charge in [-0.2, -0.15) is 5.10 Å². The zero-order chi connectivity index (χ0) is 13.9. The van der Waals surface area contributed by atoms with E-state index in [2.05, 4.69) is 36.5 Å². The highest BCUT2D eigenvalue weighted by Crippen LogP contribution is 2.16. The Morgan fingerprint density at radius 2 is 2.30 bits per heavy atom. The lowest BCUT2D eigenvalue weighted by molar-refractivity contribution is 0.0933. The van der Waals surface area contributed by atoms with Crippen molar-refractivity contribution in [3.63, 3.8) is 0 Å². The number of hydrogen-bond acceptors (Lipinski definition) is 3. The summed E-state index contributed by atoms with van der Waals surface area (Å²) in [5.74, 6) is -0.0857. The van der Waals surface area contributed by atoms with Gasteiger partial charge in [-0.1, -0.05) is 20.8 Å². The van der Waals surface area contributed by atoms with Gasteiger partial charge >= 0.3 is 0 Å². The Hall–Kier alpha value is -1.07. The number of nitrogens with one attached hydrogen (secondary N) is 2. The van der Waals surface area contributed by atoms with Crippen molar-refractivity contribution >= 4 is 18.3 Å². The molecular weight excluding hydrogens is 276 g/mol. The van der Waals surface area contributed by atoms with Crippen LogP contribution in [0.1, 0.15) is 50.1 Å². The molecule has 2 N–H and O–H groups in total. The Kier molecular flexibility index (Phi) is 6.02. The van der Waals surface area contributed by atoms with Gasteiger partial charge in [-0.3, -0.25) is 9.48 Å². The first-order valence-corrected chi connectivity index (χ1v) is 7.00. The van der Waals surface area contributed by atoms with Crippen LogP contribution in [-0.4, -0.2) is 35.3 Å². The van der Waals surface area contributed by atoms with Crippen molar-refractivity contribution in [2.24, 2.45) is 5.41 Å². The molecule has 2 heterocycles. The van der Waals surface area contributed by atoms with Gasteiger partial charge in [-0.15, -0.1) is 12.4 Å². The molecule has 0 aliphatic carbocycles. The molecule has 1 aliphatic heterocycles. The van der Waals surface area contributed by atoms with E-state index in [0.29, 0.717) is 18.3 Å². The van der Waals surface area contributed by atoms with Crippen molar-refractivity contribution in [3.05, 3.63) is 18.0 Å². The molecule has 0 spiro atoms. The summed E-state index contributed by atoms with van der Waals surface area (Å²) in [5, 5.41) is 10.7. The van der Waals surface area contributed by atoms with E-state index in [1.165, 1.54) is 0 Å². The lowest BCUT2D eigenvalue weighted by atomic mass is 9.97. The number of halogens is 1. The lowest BCUT2D eigenvalue weighted by Gasteiger charge is -2.23. The molecule has 1 aromatic rings. The normalized spacial score (nSPS) is 19.2. The number of rotatable bonds is 3. The maximum absolute atomic E-state index is 12.0. The predicted molar refractivity (Wildman–Crippen MR) is 82.4 cm³/mol. The van der Waals surface area contributed by atoms with Gasteiger partial charge in [0.1, 0.15) is 5.69 Å². The summed E-state index contributed by atoms with van der Waals surface area (Å²) in [6.45, 7) is 8.96. The Bertz CT molecular complexity index is 433. The van der Waals surface area contributed by atoms with Crippen LogP contribution in [0.3, 0.4) is 0 Å². The van der Waals surface area contributed by atoms with E-state index in [1.807, 2.05) is 10.9 Å². The SMILES string of the molecule is CC(C)(C)CNC(=O)c1ccn(C2CCCNC2)n1.Cl. The van der Waals surface area contributed by atoms with Gasteiger partial charge in [0.2, 0.25) is 0 Å². The van der Waals surface area contributed by atoms with Gasteiger partial charge in [0.05, 0.1) is 6.04 Å². The third kappa shape index (κ3) is 4.80. The van der Waals surface area contributed by atoms with E-state index in [0.717, 1.165) is 25.9 Å². The van der Waals surface area contributed by atoms with Gasteiger partial charge in [0.15, 0.2) is 0 Å². The first-order chi connectivity index (χ1) is 8.96. The number of carbonyl (C=O) groups is 1. The fourth-order valence-electron chi connectivity index (χ4n) is 2.16. The van der Waals surface area contributed by atoms with Gasteiger partial charge in [-0.05, 0) is 30.9 Å². The minimum Gasteiger partial charge on any atom is -0.350 e. The van der Waals surface area contributed by atoms with Crippen molar-refractivity contribution in [1.29, 1.82) is 0 Å². The Morgan fingerprint density at radius 3 is 2.90 bits per heavy atom. The third-order valence-electron chi connectivity index (χ3n) is 3.27. The summed E-state index contributed by atoms with van der Waals surface area (Å²) in [6, 6.07) is 2.17. The maximum Gasteiger partial charge on any atom is 0.271 e. The number of carbonyl (C=O) groups excluding carboxylic acids is 1. The largest absolute Gasteiger partial charge is 0.350 e. The molecule has 0 aromatic carbocycles. The standard InChI is InChI=1S/C14H24N4O.ClH/c1-14(2,3)10-16-13(19)12-6-8-18(17-12)11-5-4-7-15-9-11;/h6,8,11,15H,4-5,7,9-10H2,1-3H3,(H,16,19);1H. The lowest BCUT2D eigenvalue weighted by Crippen LogP contribution is -2.33. The van der Waals surface area contributed by atoms with Crippen LogP contribution >= 0.6 is 12.4 Å². The van der Waals surface area contributed by atoms with E-state index in [4.69, 9.17) is 0 Å². The molecule has 1 atom stereocenters. The van der Waals surface area contributed by atoms with E-state index in [1.54, 1.807) is 6.07 Å². The Labute approximate surface area is 126 Å². The van der Waals surface area contributed by atoms with Crippen LogP contribution in [0.15, 0.2) is 12.3 Å². The van der Waals surface area contributed by atoms with Crippen LogP contribution in [0.5, 0.6) is 0 Å². The van der Waals surface area contributed by atoms with Crippen LogP contribution in [0.25, 0.3) is 0 Å². The summed E-state index contributed by atoms with van der Waals surface area (Å²) in [6.07, 6.45) is 4.19. The van der Waals surface area contributed by atoms with Crippen molar-refractivity contribution in [2.75, 3.05) is 19.6 Å². The van der Waals surface area contributed by atoms with Crippen molar-refractivity contribution in [3.8, 4) is 0 Å². The molecule has 6 heteroatoms. The number of aromatic nitrogens is 2. The van der Waals surface area contributed by atoms with Gasteiger partial charge in [0, 0.05) is 19.3 Å². The second-order valence-electron chi connectivity index (χ2n) is 6.42. The number of piperidine rings is 1. The summed E-state index contributed by atoms with van der Waals surface area (Å²) < 4.78 is 1.91. The summed E-state index contributed by atoms with van der Waals surface area (Å²) in [4.78, 5) is 12.0. The first-order valence-electron chi connectivity index (χ1n) is 7.00. The minimum absolute atomic E-state index is 0. The van der Waals surface area contributed by atoms with Crippen LogP contribution in [-0.2, 0) is 0 Å². The molecule has 2 rings (SSSR count). The molecule has 1 unspecified atom stereocenters. The minimum atomic E-state index is -0.0857. The summed E-state index contributed by atoms with van der Waals surface area (Å²) in [7, 11) is 0. The maximum atomic E-state index is 12.0. The predicted octanol–water partition coefficient (Wildman–Crippen LogP) is 2.01. The number of hydrogen-bond donors (Lipinski definition) is 2. The second kappa shape index (κ2) is 7.09. The fraction of sp³-hybridized carbons (Fsp3) is 0.714. The molecule has 1 aliphatic rings. The smallest absolute Gasteiger partial charge is 0.271 e. The summed E-state index contributed by atoms with van der Waals surface area (Å²) >= 11 is 0. The van der Waals surface area contributed by atoms with Crippen LogP contribution in [0, 0.1) is 5.41 Å². The highest BCUT2D eigenvalue weighted by molar-refractivity contribution is 5.92. The van der Waals surface area contributed by atoms with Crippen molar-refractivity contribution in [2.45, 2.75) is 39.7 Å². The van der Waals surface area contributed by atoms with Crippen LogP contribution in [0.2, 0.25) is 0 Å². The van der Waals surface area contributed by atoms with Crippen LogP contribution in [0.4, 0.5) is 0 Å². The van der Waals surface area contributed by atoms with Gasteiger partial charge < -0.3 is 10.6 Å². The molecule has 1 fully saturated rings. The number of amides is 1. The quantitative estimate of drug-likeness (QED) is 0.898. The average Bonchev–Trinajstić information content (AvgIpc) is 2.86. The molecule has 0 saturated carbocycles. The van der Waals surface area contributed by atoms with E-state index >= 15 is 0 Å². The molecule has 1 amide bonds. The Balaban J connectivity index is 0.00000200. The van der Waals surface area contributed by atoms with Crippen molar-refractivity contribution in [1.82, 2.24) is 20.4 Å². The van der Waals surface area contributed by atoms with E-state index < -0.39 is 0 Å². The second-order valence-corrected chi connectivity index (χ2v) is 6.42. The number of nitrogens with zero attached hydrogens (tertiary/aromatic N) is 2. The monoisotopic (exact) mass is 300 g/mol. The van der Waals surface area contributed by atoms with E-state index in [9.17, 15) is 4.79 Å². The van der Waals surface area contributed by atoms with Gasteiger partial charge in [0.25, 0.3) is 5.91 Å². The molecule has 5 nitrogen and oxygen atoms in total.